The van der Waals surface area contributed by atoms with E-state index in [1.165, 1.54) is 48.5 Å². The summed E-state index contributed by atoms with van der Waals surface area (Å²) in [5.74, 6) is 2.57. The summed E-state index contributed by atoms with van der Waals surface area (Å²) in [4.78, 5) is 30.6. The minimum Gasteiger partial charge on any atom is -0.338 e. The lowest BCUT2D eigenvalue weighted by Crippen LogP contribution is -2.49. The van der Waals surface area contributed by atoms with E-state index in [2.05, 4.69) is 84.9 Å². The fraction of sp³-hybridized carbons (Fsp3) is 0.485. The maximum Gasteiger partial charge on any atom is 0.246 e. The summed E-state index contributed by atoms with van der Waals surface area (Å²) in [5, 5.41) is 3.38. The van der Waals surface area contributed by atoms with Gasteiger partial charge >= 0.3 is 0 Å². The van der Waals surface area contributed by atoms with Crippen molar-refractivity contribution in [1.29, 1.82) is 0 Å². The normalized spacial score (nSPS) is 19.0. The number of hydrogen-bond acceptors (Lipinski definition) is 7. The molecule has 5 rings (SSSR count). The molecule has 2 aliphatic heterocycles. The van der Waals surface area contributed by atoms with Crippen molar-refractivity contribution in [3.63, 3.8) is 0 Å². The van der Waals surface area contributed by atoms with Crippen LogP contribution in [0.2, 0.25) is 0 Å². The van der Waals surface area contributed by atoms with Crippen molar-refractivity contribution < 1.29 is 4.79 Å². The lowest BCUT2D eigenvalue weighted by atomic mass is 9.94. The second-order valence-electron chi connectivity index (χ2n) is 11.6. The van der Waals surface area contributed by atoms with Gasteiger partial charge in [0.25, 0.3) is 0 Å². The van der Waals surface area contributed by atoms with E-state index in [9.17, 15) is 4.79 Å². The molecule has 1 aromatic carbocycles. The van der Waals surface area contributed by atoms with E-state index in [1.54, 1.807) is 0 Å². The second kappa shape index (κ2) is 12.5. The Bertz CT molecular complexity index is 1270. The summed E-state index contributed by atoms with van der Waals surface area (Å²) in [6.07, 6.45) is 10.0. The number of aromatic nitrogens is 2. The van der Waals surface area contributed by atoms with Crippen LogP contribution >= 0.6 is 0 Å². The zero-order chi connectivity index (χ0) is 29.1. The molecule has 1 aliphatic carbocycles. The molecule has 0 radical (unpaired) electrons. The third-order valence-electron chi connectivity index (χ3n) is 9.17. The molecule has 1 saturated carbocycles. The van der Waals surface area contributed by atoms with Crippen LogP contribution in [0, 0.1) is 0 Å². The molecule has 1 saturated heterocycles. The molecule has 41 heavy (non-hydrogen) atoms. The highest BCUT2D eigenvalue weighted by atomic mass is 16.2. The van der Waals surface area contributed by atoms with Crippen molar-refractivity contribution in [2.75, 3.05) is 48.3 Å². The molecule has 3 heterocycles. The molecule has 2 atom stereocenters. The van der Waals surface area contributed by atoms with E-state index < -0.39 is 0 Å². The zero-order valence-electron chi connectivity index (χ0n) is 25.0. The van der Waals surface area contributed by atoms with Gasteiger partial charge in [0.15, 0.2) is 5.82 Å². The van der Waals surface area contributed by atoms with Gasteiger partial charge in [0, 0.05) is 45.3 Å². The van der Waals surface area contributed by atoms with Gasteiger partial charge in [-0.2, -0.15) is 4.98 Å². The first-order valence-electron chi connectivity index (χ1n) is 15.1. The lowest BCUT2D eigenvalue weighted by molar-refractivity contribution is -0.128. The van der Waals surface area contributed by atoms with E-state index in [-0.39, 0.29) is 18.0 Å². The van der Waals surface area contributed by atoms with E-state index in [1.807, 2.05) is 11.1 Å². The summed E-state index contributed by atoms with van der Waals surface area (Å²) in [7, 11) is 2.06. The van der Waals surface area contributed by atoms with Crippen LogP contribution in [0.4, 0.5) is 17.5 Å². The number of benzene rings is 1. The molecule has 1 amide bonds. The van der Waals surface area contributed by atoms with Gasteiger partial charge in [0.2, 0.25) is 11.9 Å². The highest BCUT2D eigenvalue weighted by Gasteiger charge is 2.33. The third kappa shape index (κ3) is 6.03. The molecule has 0 bridgehead atoms. The number of anilines is 3. The minimum atomic E-state index is 0.0152. The molecule has 1 N–H and O–H groups in total. The van der Waals surface area contributed by atoms with Crippen molar-refractivity contribution in [3.05, 3.63) is 78.8 Å². The Labute approximate surface area is 245 Å². The van der Waals surface area contributed by atoms with Crippen LogP contribution in [0.5, 0.6) is 0 Å². The maximum atomic E-state index is 12.1. The van der Waals surface area contributed by atoms with Gasteiger partial charge in [-0.25, -0.2) is 4.98 Å². The minimum absolute atomic E-state index is 0.0152. The number of carbonyl (C=O) groups is 1. The molecule has 2 unspecified atom stereocenters. The van der Waals surface area contributed by atoms with Crippen molar-refractivity contribution in [2.24, 2.45) is 0 Å². The topological polar surface area (TPSA) is 67.8 Å². The molecule has 0 spiro atoms. The van der Waals surface area contributed by atoms with Crippen LogP contribution in [-0.4, -0.2) is 64.9 Å². The summed E-state index contributed by atoms with van der Waals surface area (Å²) < 4.78 is 0. The molecular weight excluding hydrogens is 510 g/mol. The lowest BCUT2D eigenvalue weighted by Gasteiger charge is -2.39. The first kappa shape index (κ1) is 28.9. The van der Waals surface area contributed by atoms with Gasteiger partial charge in [0.1, 0.15) is 11.5 Å². The van der Waals surface area contributed by atoms with Gasteiger partial charge in [-0.3, -0.25) is 9.69 Å². The maximum absolute atomic E-state index is 12.1. The van der Waals surface area contributed by atoms with Crippen molar-refractivity contribution in [2.45, 2.75) is 70.5 Å². The quantitative estimate of drug-likeness (QED) is 0.283. The molecule has 2 fully saturated rings. The van der Waals surface area contributed by atoms with Gasteiger partial charge in [-0.15, -0.1) is 0 Å². The van der Waals surface area contributed by atoms with Gasteiger partial charge in [-0.1, -0.05) is 69.3 Å². The molecule has 3 aliphatic rings. The van der Waals surface area contributed by atoms with Crippen molar-refractivity contribution >= 4 is 23.4 Å². The van der Waals surface area contributed by atoms with Crippen LogP contribution in [0.25, 0.3) is 0 Å². The molecule has 218 valence electrons. The van der Waals surface area contributed by atoms with Gasteiger partial charge in [-0.05, 0) is 49.8 Å². The summed E-state index contributed by atoms with van der Waals surface area (Å²) in [6, 6.07) is 9.78. The molecule has 1 aromatic heterocycles. The number of nitrogens with zero attached hydrogens (tertiary/aromatic N) is 6. The predicted molar refractivity (Wildman–Crippen MR) is 168 cm³/mol. The number of rotatable bonds is 10. The molecule has 8 nitrogen and oxygen atoms in total. The Balaban J connectivity index is 1.31. The molecule has 8 heteroatoms. The number of hydrogen-bond donors (Lipinski definition) is 1. The van der Waals surface area contributed by atoms with Crippen molar-refractivity contribution in [3.8, 4) is 0 Å². The number of amides is 1. The predicted octanol–water partition coefficient (Wildman–Crippen LogP) is 6.05. The number of fused-ring (bicyclic) bond motifs is 1. The summed E-state index contributed by atoms with van der Waals surface area (Å²) in [6.45, 7) is 19.7. The van der Waals surface area contributed by atoms with Crippen LogP contribution in [0.15, 0.2) is 67.7 Å². The largest absolute Gasteiger partial charge is 0.338 e. The first-order chi connectivity index (χ1) is 19.8. The average Bonchev–Trinajstić information content (AvgIpc) is 3.65. The molecule has 2 aromatic rings. The van der Waals surface area contributed by atoms with E-state index in [4.69, 9.17) is 9.97 Å². The number of carbonyl (C=O) groups excluding carboxylic acids is 1. The Kier molecular flexibility index (Phi) is 8.78. The second-order valence-corrected chi connectivity index (χ2v) is 11.6. The third-order valence-corrected chi connectivity index (χ3v) is 9.17. The van der Waals surface area contributed by atoms with Crippen LogP contribution in [0.1, 0.15) is 75.6 Å². The van der Waals surface area contributed by atoms with E-state index in [0.29, 0.717) is 12.0 Å². The fourth-order valence-corrected chi connectivity index (χ4v) is 6.36. The van der Waals surface area contributed by atoms with Crippen molar-refractivity contribution in [1.82, 2.24) is 19.8 Å². The fourth-order valence-electron chi connectivity index (χ4n) is 6.36. The average molecular weight is 556 g/mol. The SMILES string of the molecule is C=CC(=O)N1CCN(C(CC(=C)CC)c2ccc(C(C)N(C)c3ncc4c(n3)N(C3CCCC3)C(=C)N4)cc2)CC1. The zero-order valence-corrected chi connectivity index (χ0v) is 25.0. The van der Waals surface area contributed by atoms with E-state index >= 15 is 0 Å². The first-order valence-corrected chi connectivity index (χ1v) is 15.1. The van der Waals surface area contributed by atoms with Gasteiger partial charge in [0.05, 0.1) is 12.2 Å². The Hall–Kier alpha value is -3.65. The number of nitrogens with one attached hydrogen (secondary N) is 1. The van der Waals surface area contributed by atoms with Crippen LogP contribution < -0.4 is 15.1 Å². The molecular formula is C33H45N7O. The smallest absolute Gasteiger partial charge is 0.246 e. The van der Waals surface area contributed by atoms with E-state index in [0.717, 1.165) is 56.3 Å². The summed E-state index contributed by atoms with van der Waals surface area (Å²) in [5.41, 5.74) is 4.68. The van der Waals surface area contributed by atoms with Crippen LogP contribution in [0.3, 0.4) is 0 Å². The number of piperazine rings is 1. The Morgan fingerprint density at radius 1 is 1.15 bits per heavy atom. The Morgan fingerprint density at radius 2 is 1.80 bits per heavy atom. The van der Waals surface area contributed by atoms with Crippen LogP contribution in [-0.2, 0) is 4.79 Å². The highest BCUT2D eigenvalue weighted by Crippen LogP contribution is 2.40. The monoisotopic (exact) mass is 555 g/mol. The summed E-state index contributed by atoms with van der Waals surface area (Å²) >= 11 is 0. The Morgan fingerprint density at radius 3 is 2.44 bits per heavy atom. The highest BCUT2D eigenvalue weighted by molar-refractivity contribution is 5.87. The van der Waals surface area contributed by atoms with Gasteiger partial charge < -0.3 is 20.0 Å². The standard InChI is InChI=1S/C33H45N7O/c1-7-23(3)21-30(38-17-19-39(20-18-38)31(41)8-2)27-15-13-26(14-16-27)24(4)37(6)33-34-22-29-32(36-33)40(25(5)35-29)28-11-9-10-12-28/h8,13-16,22,24,28,30,35H,2-3,5,7,9-12,17-21H2,1,4,6H3.